The second-order valence-corrected chi connectivity index (χ2v) is 3.82. The second-order valence-electron chi connectivity index (χ2n) is 3.82. The quantitative estimate of drug-likeness (QED) is 0.852. The van der Waals surface area contributed by atoms with Crippen molar-refractivity contribution in [1.29, 1.82) is 0 Å². The van der Waals surface area contributed by atoms with E-state index in [1.807, 2.05) is 0 Å². The zero-order valence-electron chi connectivity index (χ0n) is 9.84. The first-order chi connectivity index (χ1) is 9.04. The summed E-state index contributed by atoms with van der Waals surface area (Å²) in [6, 6.07) is 6.96. The third kappa shape index (κ3) is 3.38. The standard InChI is InChI=1S/C12H11FN4O2/c13-8-2-1-3-9(6-8)15-11(18)7-17-5-4-10(16-17)12(14)19/h1-6H,7H2,(H2,14,19)(H,15,18). The number of hydrogen-bond donors (Lipinski definition) is 2. The number of anilines is 1. The molecular formula is C12H11FN4O2. The highest BCUT2D eigenvalue weighted by molar-refractivity contribution is 5.91. The van der Waals surface area contributed by atoms with E-state index < -0.39 is 11.7 Å². The number of carbonyl (C=O) groups excluding carboxylic acids is 2. The lowest BCUT2D eigenvalue weighted by Gasteiger charge is -2.05. The number of hydrogen-bond acceptors (Lipinski definition) is 3. The highest BCUT2D eigenvalue weighted by atomic mass is 19.1. The van der Waals surface area contributed by atoms with Gasteiger partial charge in [0.1, 0.15) is 18.1 Å². The highest BCUT2D eigenvalue weighted by Crippen LogP contribution is 2.09. The van der Waals surface area contributed by atoms with Crippen LogP contribution in [0.15, 0.2) is 36.5 Å². The summed E-state index contributed by atoms with van der Waals surface area (Å²) in [7, 11) is 0. The summed E-state index contributed by atoms with van der Waals surface area (Å²) < 4.78 is 14.2. The number of halogens is 1. The molecule has 3 N–H and O–H groups in total. The number of carbonyl (C=O) groups is 2. The molecule has 19 heavy (non-hydrogen) atoms. The number of nitrogens with zero attached hydrogens (tertiary/aromatic N) is 2. The third-order valence-electron chi connectivity index (χ3n) is 2.31. The van der Waals surface area contributed by atoms with Crippen molar-refractivity contribution in [3.8, 4) is 0 Å². The van der Waals surface area contributed by atoms with Crippen LogP contribution in [0.1, 0.15) is 10.5 Å². The van der Waals surface area contributed by atoms with E-state index in [2.05, 4.69) is 10.4 Å². The van der Waals surface area contributed by atoms with Crippen molar-refractivity contribution in [3.05, 3.63) is 48.0 Å². The smallest absolute Gasteiger partial charge is 0.269 e. The largest absolute Gasteiger partial charge is 0.364 e. The summed E-state index contributed by atoms with van der Waals surface area (Å²) in [6.45, 7) is -0.0935. The van der Waals surface area contributed by atoms with Crippen molar-refractivity contribution in [2.24, 2.45) is 5.73 Å². The number of rotatable bonds is 4. The Kier molecular flexibility index (Phi) is 3.56. The zero-order valence-corrected chi connectivity index (χ0v) is 9.84. The number of nitrogens with one attached hydrogen (secondary N) is 1. The van der Waals surface area contributed by atoms with Crippen molar-refractivity contribution in [3.63, 3.8) is 0 Å². The van der Waals surface area contributed by atoms with Gasteiger partial charge in [-0.25, -0.2) is 4.39 Å². The van der Waals surface area contributed by atoms with E-state index >= 15 is 0 Å². The van der Waals surface area contributed by atoms with Gasteiger partial charge in [-0.2, -0.15) is 5.10 Å². The molecule has 0 saturated carbocycles. The molecule has 1 heterocycles. The van der Waals surface area contributed by atoms with Gasteiger partial charge in [-0.1, -0.05) is 6.07 Å². The molecule has 6 nitrogen and oxygen atoms in total. The van der Waals surface area contributed by atoms with Crippen LogP contribution in [0, 0.1) is 5.82 Å². The van der Waals surface area contributed by atoms with Gasteiger partial charge in [-0.05, 0) is 24.3 Å². The van der Waals surface area contributed by atoms with Gasteiger partial charge in [0.05, 0.1) is 0 Å². The van der Waals surface area contributed by atoms with Gasteiger partial charge in [0.2, 0.25) is 5.91 Å². The van der Waals surface area contributed by atoms with Gasteiger partial charge < -0.3 is 11.1 Å². The Labute approximate surface area is 108 Å². The van der Waals surface area contributed by atoms with Crippen LogP contribution >= 0.6 is 0 Å². The predicted molar refractivity (Wildman–Crippen MR) is 65.8 cm³/mol. The van der Waals surface area contributed by atoms with Crippen molar-refractivity contribution >= 4 is 17.5 Å². The lowest BCUT2D eigenvalue weighted by molar-refractivity contribution is -0.116. The molecule has 0 unspecified atom stereocenters. The average molecular weight is 262 g/mol. The molecule has 0 saturated heterocycles. The maximum Gasteiger partial charge on any atom is 0.269 e. The number of amides is 2. The fourth-order valence-corrected chi connectivity index (χ4v) is 1.50. The zero-order chi connectivity index (χ0) is 13.8. The SMILES string of the molecule is NC(=O)c1ccn(CC(=O)Nc2cccc(F)c2)n1. The molecule has 0 spiro atoms. The van der Waals surface area contributed by atoms with Crippen LogP contribution in [0.2, 0.25) is 0 Å². The molecule has 2 amide bonds. The fraction of sp³-hybridized carbons (Fsp3) is 0.0833. The molecule has 2 aromatic rings. The minimum absolute atomic E-state index is 0.0820. The van der Waals surface area contributed by atoms with Crippen molar-refractivity contribution in [2.75, 3.05) is 5.32 Å². The first kappa shape index (κ1) is 12.7. The Hall–Kier alpha value is -2.70. The molecule has 0 bridgehead atoms. The molecular weight excluding hydrogens is 251 g/mol. The van der Waals surface area contributed by atoms with Gasteiger partial charge in [0.15, 0.2) is 0 Å². The molecule has 7 heteroatoms. The molecule has 0 aliphatic carbocycles. The Balaban J connectivity index is 1.99. The molecule has 98 valence electrons. The van der Waals surface area contributed by atoms with Crippen LogP contribution < -0.4 is 11.1 Å². The molecule has 0 aliphatic rings. The van der Waals surface area contributed by atoms with Crippen LogP contribution in [0.5, 0.6) is 0 Å². The summed E-state index contributed by atoms with van der Waals surface area (Å²) in [6.07, 6.45) is 1.46. The molecule has 2 rings (SSSR count). The van der Waals surface area contributed by atoms with Crippen LogP contribution in [0.4, 0.5) is 10.1 Å². The maximum absolute atomic E-state index is 12.9. The summed E-state index contributed by atoms with van der Waals surface area (Å²) in [5.41, 5.74) is 5.48. The Morgan fingerprint density at radius 1 is 1.37 bits per heavy atom. The second kappa shape index (κ2) is 5.30. The molecule has 0 atom stereocenters. The van der Waals surface area contributed by atoms with E-state index in [4.69, 9.17) is 5.73 Å². The minimum atomic E-state index is -0.663. The van der Waals surface area contributed by atoms with Gasteiger partial charge >= 0.3 is 0 Å². The van der Waals surface area contributed by atoms with Gasteiger partial charge in [-0.15, -0.1) is 0 Å². The number of primary amides is 1. The summed E-state index contributed by atoms with van der Waals surface area (Å²) in [5.74, 6) is -1.48. The lowest BCUT2D eigenvalue weighted by Crippen LogP contribution is -2.20. The first-order valence-electron chi connectivity index (χ1n) is 5.43. The van der Waals surface area contributed by atoms with Crippen LogP contribution in [-0.2, 0) is 11.3 Å². The molecule has 0 radical (unpaired) electrons. The average Bonchev–Trinajstić information content (AvgIpc) is 2.77. The first-order valence-corrected chi connectivity index (χ1v) is 5.43. The van der Waals surface area contributed by atoms with Crippen molar-refractivity contribution in [1.82, 2.24) is 9.78 Å². The number of nitrogens with two attached hydrogens (primary N) is 1. The maximum atomic E-state index is 12.9. The van der Waals surface area contributed by atoms with Crippen LogP contribution in [-0.4, -0.2) is 21.6 Å². The Bertz CT molecular complexity index is 624. The van der Waals surface area contributed by atoms with Gasteiger partial charge in [-0.3, -0.25) is 14.3 Å². The van der Waals surface area contributed by atoms with E-state index in [1.165, 1.54) is 35.1 Å². The summed E-state index contributed by atoms with van der Waals surface area (Å²) in [4.78, 5) is 22.5. The Morgan fingerprint density at radius 2 is 2.16 bits per heavy atom. The molecule has 0 aliphatic heterocycles. The van der Waals surface area contributed by atoms with Crippen LogP contribution in [0.25, 0.3) is 0 Å². The molecule has 1 aromatic carbocycles. The molecule has 1 aromatic heterocycles. The highest BCUT2D eigenvalue weighted by Gasteiger charge is 2.08. The topological polar surface area (TPSA) is 90.0 Å². The van der Waals surface area contributed by atoms with Crippen molar-refractivity contribution < 1.29 is 14.0 Å². The predicted octanol–water partition coefficient (Wildman–Crippen LogP) is 0.760. The van der Waals surface area contributed by atoms with E-state index in [0.717, 1.165) is 0 Å². The van der Waals surface area contributed by atoms with E-state index in [9.17, 15) is 14.0 Å². The summed E-state index contributed by atoms with van der Waals surface area (Å²) >= 11 is 0. The monoisotopic (exact) mass is 262 g/mol. The van der Waals surface area contributed by atoms with E-state index in [-0.39, 0.29) is 18.1 Å². The fourth-order valence-electron chi connectivity index (χ4n) is 1.50. The van der Waals surface area contributed by atoms with Gasteiger partial charge in [0.25, 0.3) is 5.91 Å². The summed E-state index contributed by atoms with van der Waals surface area (Å²) in [5, 5.41) is 6.33. The number of aromatic nitrogens is 2. The third-order valence-corrected chi connectivity index (χ3v) is 2.31. The normalized spacial score (nSPS) is 10.2. The number of benzene rings is 1. The Morgan fingerprint density at radius 3 is 2.79 bits per heavy atom. The van der Waals surface area contributed by atoms with E-state index in [0.29, 0.717) is 5.69 Å². The van der Waals surface area contributed by atoms with Crippen LogP contribution in [0.3, 0.4) is 0 Å². The lowest BCUT2D eigenvalue weighted by atomic mass is 10.3. The van der Waals surface area contributed by atoms with Gasteiger partial charge in [0, 0.05) is 11.9 Å². The minimum Gasteiger partial charge on any atom is -0.364 e. The van der Waals surface area contributed by atoms with Crippen molar-refractivity contribution in [2.45, 2.75) is 6.54 Å². The van der Waals surface area contributed by atoms with E-state index in [1.54, 1.807) is 6.07 Å². The molecule has 0 fully saturated rings.